The van der Waals surface area contributed by atoms with Crippen molar-refractivity contribution in [3.63, 3.8) is 0 Å². The Morgan fingerprint density at radius 3 is 2.86 bits per heavy atom. The molecule has 3 heterocycles. The number of nitrogens with zero attached hydrogens (tertiary/aromatic N) is 3. The number of rotatable bonds is 2. The van der Waals surface area contributed by atoms with Gasteiger partial charge in [-0.3, -0.25) is 14.3 Å². The molecule has 1 aliphatic heterocycles. The molecule has 9 nitrogen and oxygen atoms in total. The van der Waals surface area contributed by atoms with Gasteiger partial charge in [-0.25, -0.2) is 4.98 Å². The highest BCUT2D eigenvalue weighted by molar-refractivity contribution is 9.10. The van der Waals surface area contributed by atoms with Crippen LogP contribution in [0.5, 0.6) is 0 Å². The molecule has 1 saturated carbocycles. The van der Waals surface area contributed by atoms with E-state index in [2.05, 4.69) is 30.9 Å². The van der Waals surface area contributed by atoms with Crippen LogP contribution in [-0.4, -0.2) is 48.5 Å². The molecule has 2 aromatic heterocycles. The second kappa shape index (κ2) is 4.51. The second-order valence-corrected chi connectivity index (χ2v) is 6.47. The van der Waals surface area contributed by atoms with E-state index in [4.69, 9.17) is 10.5 Å². The molecule has 0 amide bonds. The zero-order valence-electron chi connectivity index (χ0n) is 11.4. The van der Waals surface area contributed by atoms with Gasteiger partial charge < -0.3 is 20.7 Å². The van der Waals surface area contributed by atoms with Crippen LogP contribution in [-0.2, 0) is 4.74 Å². The molecule has 2 aromatic rings. The molecule has 0 radical (unpaired) electrons. The number of aromatic amines is 1. The Balaban J connectivity index is 1.92. The number of nitrogens with one attached hydrogen (secondary N) is 1. The topological polar surface area (TPSA) is 139 Å². The number of aromatic nitrogens is 4. The van der Waals surface area contributed by atoms with Gasteiger partial charge in [0.05, 0.1) is 12.7 Å². The number of ether oxygens (including phenoxy) is 1. The Morgan fingerprint density at radius 2 is 2.23 bits per heavy atom. The van der Waals surface area contributed by atoms with Crippen LogP contribution in [0, 0.1) is 5.41 Å². The molecular formula is C12H14BrN5O4. The van der Waals surface area contributed by atoms with E-state index in [0.717, 1.165) is 12.8 Å². The second-order valence-electron chi connectivity index (χ2n) is 5.76. The minimum absolute atomic E-state index is 0.0201. The normalized spacial score (nSPS) is 29.5. The predicted molar refractivity (Wildman–Crippen MR) is 78.9 cm³/mol. The number of nitrogen functional groups attached to an aromatic ring is 1. The molecule has 3 atom stereocenters. The number of nitrogens with two attached hydrogens (primary N) is 1. The van der Waals surface area contributed by atoms with Crippen LogP contribution in [0.3, 0.4) is 0 Å². The van der Waals surface area contributed by atoms with Crippen molar-refractivity contribution >= 4 is 33.0 Å². The van der Waals surface area contributed by atoms with E-state index in [9.17, 15) is 15.0 Å². The predicted octanol–water partition coefficient (Wildman–Crippen LogP) is -0.505. The first-order valence-corrected chi connectivity index (χ1v) is 7.65. The van der Waals surface area contributed by atoms with Crippen LogP contribution < -0.4 is 11.3 Å². The van der Waals surface area contributed by atoms with E-state index in [1.54, 1.807) is 4.57 Å². The first kappa shape index (κ1) is 14.1. The van der Waals surface area contributed by atoms with Gasteiger partial charge in [0, 0.05) is 5.41 Å². The zero-order chi connectivity index (χ0) is 15.6. The van der Waals surface area contributed by atoms with Gasteiger partial charge in [0.25, 0.3) is 5.56 Å². The van der Waals surface area contributed by atoms with Crippen molar-refractivity contribution in [3.05, 3.63) is 15.1 Å². The number of hydrogen-bond donors (Lipinski definition) is 4. The van der Waals surface area contributed by atoms with Gasteiger partial charge in [-0.2, -0.15) is 4.98 Å². The lowest BCUT2D eigenvalue weighted by Gasteiger charge is -2.21. The van der Waals surface area contributed by atoms with Crippen molar-refractivity contribution in [2.45, 2.75) is 31.3 Å². The number of aliphatic hydroxyl groups excluding tert-OH is 2. The maximum absolute atomic E-state index is 11.9. The van der Waals surface area contributed by atoms with Gasteiger partial charge in [0.2, 0.25) is 5.95 Å². The van der Waals surface area contributed by atoms with Gasteiger partial charge in [-0.05, 0) is 28.8 Å². The lowest BCUT2D eigenvalue weighted by Crippen LogP contribution is -2.30. The van der Waals surface area contributed by atoms with Crippen LogP contribution in [0.2, 0.25) is 0 Å². The van der Waals surface area contributed by atoms with E-state index in [-0.39, 0.29) is 23.7 Å². The number of imidazole rings is 1. The molecule has 4 rings (SSSR count). The Hall–Kier alpha value is -1.49. The number of halogens is 1. The lowest BCUT2D eigenvalue weighted by molar-refractivity contribution is -0.0467. The van der Waals surface area contributed by atoms with Crippen LogP contribution >= 0.6 is 15.9 Å². The zero-order valence-corrected chi connectivity index (χ0v) is 12.9. The molecule has 22 heavy (non-hydrogen) atoms. The van der Waals surface area contributed by atoms with Crippen molar-refractivity contribution in [2.24, 2.45) is 5.41 Å². The molecule has 2 aliphatic rings. The van der Waals surface area contributed by atoms with Gasteiger partial charge in [0.1, 0.15) is 12.3 Å². The van der Waals surface area contributed by atoms with Gasteiger partial charge in [0.15, 0.2) is 15.9 Å². The van der Waals surface area contributed by atoms with Crippen LogP contribution in [0.15, 0.2) is 9.53 Å². The summed E-state index contributed by atoms with van der Waals surface area (Å²) in [5.41, 5.74) is 5.12. The minimum Gasteiger partial charge on any atom is -0.394 e. The molecule has 118 valence electrons. The molecule has 1 saturated heterocycles. The highest BCUT2D eigenvalue weighted by atomic mass is 79.9. The van der Waals surface area contributed by atoms with E-state index < -0.39 is 29.4 Å². The van der Waals surface area contributed by atoms with E-state index in [1.165, 1.54) is 0 Å². The Labute approximate surface area is 132 Å². The SMILES string of the molecule is Nc1nc2c(nc(Br)n2[C@@H]2O[C@H](CO)[C@@H](O)C23CC3)c(=O)[nH]1. The number of H-pyrrole nitrogens is 1. The quantitative estimate of drug-likeness (QED) is 0.521. The summed E-state index contributed by atoms with van der Waals surface area (Å²) in [6, 6.07) is 0. The minimum atomic E-state index is -0.772. The molecule has 1 aliphatic carbocycles. The molecule has 0 unspecified atom stereocenters. The maximum atomic E-state index is 11.9. The Morgan fingerprint density at radius 1 is 1.50 bits per heavy atom. The summed E-state index contributed by atoms with van der Waals surface area (Å²) < 4.78 is 7.80. The van der Waals surface area contributed by atoms with Crippen molar-refractivity contribution in [1.82, 2.24) is 19.5 Å². The molecule has 0 bridgehead atoms. The smallest absolute Gasteiger partial charge is 0.280 e. The Bertz CT molecular complexity index is 814. The van der Waals surface area contributed by atoms with Crippen molar-refractivity contribution in [3.8, 4) is 0 Å². The van der Waals surface area contributed by atoms with Crippen molar-refractivity contribution in [2.75, 3.05) is 12.3 Å². The summed E-state index contributed by atoms with van der Waals surface area (Å²) in [6.45, 7) is -0.278. The highest BCUT2D eigenvalue weighted by Gasteiger charge is 2.64. The molecular weight excluding hydrogens is 358 g/mol. The molecule has 0 aromatic carbocycles. The summed E-state index contributed by atoms with van der Waals surface area (Å²) in [7, 11) is 0. The molecule has 2 fully saturated rings. The first-order chi connectivity index (χ1) is 10.5. The largest absolute Gasteiger partial charge is 0.394 e. The average molecular weight is 372 g/mol. The fourth-order valence-corrected chi connectivity index (χ4v) is 3.75. The molecule has 1 spiro atoms. The monoisotopic (exact) mass is 371 g/mol. The summed E-state index contributed by atoms with van der Waals surface area (Å²) >= 11 is 3.31. The third-order valence-corrected chi connectivity index (χ3v) is 5.06. The number of hydrogen-bond acceptors (Lipinski definition) is 7. The number of fused-ring (bicyclic) bond motifs is 1. The average Bonchev–Trinajstić information content (AvgIpc) is 3.14. The molecule has 10 heteroatoms. The maximum Gasteiger partial charge on any atom is 0.280 e. The summed E-state index contributed by atoms with van der Waals surface area (Å²) in [5, 5.41) is 19.7. The highest BCUT2D eigenvalue weighted by Crippen LogP contribution is 2.63. The van der Waals surface area contributed by atoms with Crippen LogP contribution in [0.4, 0.5) is 5.95 Å². The van der Waals surface area contributed by atoms with Crippen LogP contribution in [0.25, 0.3) is 11.2 Å². The fourth-order valence-electron chi connectivity index (χ4n) is 3.22. The first-order valence-electron chi connectivity index (χ1n) is 6.85. The van der Waals surface area contributed by atoms with Crippen molar-refractivity contribution < 1.29 is 14.9 Å². The Kier molecular flexibility index (Phi) is 2.89. The van der Waals surface area contributed by atoms with E-state index in [0.29, 0.717) is 4.73 Å². The third-order valence-electron chi connectivity index (χ3n) is 4.50. The van der Waals surface area contributed by atoms with Crippen molar-refractivity contribution in [1.29, 1.82) is 0 Å². The van der Waals surface area contributed by atoms with Gasteiger partial charge in [-0.1, -0.05) is 0 Å². The summed E-state index contributed by atoms with van der Waals surface area (Å²) in [4.78, 5) is 22.6. The summed E-state index contributed by atoms with van der Waals surface area (Å²) in [5.74, 6) is -0.0201. The number of anilines is 1. The summed E-state index contributed by atoms with van der Waals surface area (Å²) in [6.07, 6.45) is -0.477. The fraction of sp³-hybridized carbons (Fsp3) is 0.583. The van der Waals surface area contributed by atoms with E-state index >= 15 is 0 Å². The van der Waals surface area contributed by atoms with Gasteiger partial charge in [-0.15, -0.1) is 0 Å². The third kappa shape index (κ3) is 1.72. The van der Waals surface area contributed by atoms with Crippen LogP contribution in [0.1, 0.15) is 19.1 Å². The standard InChI is InChI=1S/C12H14BrN5O4/c13-10-15-5-7(16-11(14)17-8(5)21)18(10)9-12(1-2-12)6(20)4(3-19)22-9/h4,6,9,19-20H,1-3H2,(H3,14,16,17,21)/t4-,6-,9-/m1/s1. The molecule has 5 N–H and O–H groups in total. The van der Waals surface area contributed by atoms with E-state index in [1.807, 2.05) is 0 Å². The number of aliphatic hydroxyl groups is 2. The van der Waals surface area contributed by atoms with Gasteiger partial charge >= 0.3 is 0 Å². The lowest BCUT2D eigenvalue weighted by atomic mass is 9.96.